The quantitative estimate of drug-likeness (QED) is 0.877. The minimum Gasteiger partial charge on any atom is -0.398 e. The number of benzene rings is 1. The molecule has 0 atom stereocenters. The van der Waals surface area contributed by atoms with Crippen LogP contribution in [-0.4, -0.2) is 21.8 Å². The van der Waals surface area contributed by atoms with Crippen molar-refractivity contribution in [2.24, 2.45) is 0 Å². The molecule has 1 amide bonds. The second-order valence-corrected chi connectivity index (χ2v) is 5.39. The maximum Gasteiger partial charge on any atom is 0.256 e. The maximum absolute atomic E-state index is 12.9. The molecular formula is C17H21N3O. The van der Waals surface area contributed by atoms with Crippen molar-refractivity contribution in [3.05, 3.63) is 59.4 Å². The molecule has 2 aromatic rings. The van der Waals surface area contributed by atoms with Gasteiger partial charge in [0.2, 0.25) is 0 Å². The Bertz CT molecular complexity index is 603. The van der Waals surface area contributed by atoms with E-state index < -0.39 is 0 Å². The van der Waals surface area contributed by atoms with Crippen molar-refractivity contribution in [3.63, 3.8) is 0 Å². The van der Waals surface area contributed by atoms with Crippen LogP contribution in [0.3, 0.4) is 0 Å². The summed E-state index contributed by atoms with van der Waals surface area (Å²) in [6.07, 6.45) is 1.74. The molecule has 1 heterocycles. The van der Waals surface area contributed by atoms with Gasteiger partial charge in [-0.2, -0.15) is 0 Å². The Hall–Kier alpha value is -2.36. The summed E-state index contributed by atoms with van der Waals surface area (Å²) in [5.74, 6) is -0.0498. The fraction of sp³-hybridized carbons (Fsp3) is 0.294. The fourth-order valence-corrected chi connectivity index (χ4v) is 2.28. The van der Waals surface area contributed by atoms with Gasteiger partial charge < -0.3 is 10.6 Å². The Balaban J connectivity index is 2.32. The Labute approximate surface area is 125 Å². The highest BCUT2D eigenvalue weighted by atomic mass is 16.2. The zero-order valence-corrected chi connectivity index (χ0v) is 12.7. The van der Waals surface area contributed by atoms with Gasteiger partial charge in [-0.05, 0) is 44.5 Å². The van der Waals surface area contributed by atoms with E-state index in [2.05, 4.69) is 4.98 Å². The van der Waals surface area contributed by atoms with E-state index in [-0.39, 0.29) is 11.9 Å². The van der Waals surface area contributed by atoms with E-state index in [0.29, 0.717) is 17.8 Å². The standard InChI is InChI=1S/C17H21N3O/c1-12(2)20(11-14-8-4-5-10-19-14)17(21)16-13(3)7-6-9-15(16)18/h4-10,12H,11,18H2,1-3H3. The number of hydrogen-bond donors (Lipinski definition) is 1. The third-order valence-corrected chi connectivity index (χ3v) is 3.46. The van der Waals surface area contributed by atoms with E-state index in [9.17, 15) is 4.79 Å². The number of rotatable bonds is 4. The smallest absolute Gasteiger partial charge is 0.256 e. The molecule has 21 heavy (non-hydrogen) atoms. The number of carbonyl (C=O) groups excluding carboxylic acids is 1. The first-order chi connectivity index (χ1) is 10.0. The second-order valence-electron chi connectivity index (χ2n) is 5.39. The van der Waals surface area contributed by atoms with Crippen LogP contribution in [0.4, 0.5) is 5.69 Å². The van der Waals surface area contributed by atoms with Crippen LogP contribution in [0.5, 0.6) is 0 Å². The number of carbonyl (C=O) groups is 1. The summed E-state index contributed by atoms with van der Waals surface area (Å²) in [5, 5.41) is 0. The number of nitrogens with two attached hydrogens (primary N) is 1. The Morgan fingerprint density at radius 1 is 1.24 bits per heavy atom. The Kier molecular flexibility index (Phi) is 4.58. The third-order valence-electron chi connectivity index (χ3n) is 3.46. The van der Waals surface area contributed by atoms with E-state index in [4.69, 9.17) is 5.73 Å². The second kappa shape index (κ2) is 6.39. The zero-order valence-electron chi connectivity index (χ0n) is 12.7. The van der Waals surface area contributed by atoms with Gasteiger partial charge in [-0.1, -0.05) is 18.2 Å². The topological polar surface area (TPSA) is 59.2 Å². The monoisotopic (exact) mass is 283 g/mol. The summed E-state index contributed by atoms with van der Waals surface area (Å²) in [6, 6.07) is 11.3. The molecule has 0 saturated carbocycles. The maximum atomic E-state index is 12.9. The predicted octanol–water partition coefficient (Wildman–Crippen LogP) is 3.02. The zero-order chi connectivity index (χ0) is 15.4. The summed E-state index contributed by atoms with van der Waals surface area (Å²) < 4.78 is 0. The van der Waals surface area contributed by atoms with E-state index in [0.717, 1.165) is 11.3 Å². The van der Waals surface area contributed by atoms with E-state index in [1.807, 2.05) is 51.1 Å². The fourth-order valence-electron chi connectivity index (χ4n) is 2.28. The number of nitrogens with zero attached hydrogens (tertiary/aromatic N) is 2. The highest BCUT2D eigenvalue weighted by Crippen LogP contribution is 2.21. The normalized spacial score (nSPS) is 10.7. The Morgan fingerprint density at radius 2 is 2.00 bits per heavy atom. The summed E-state index contributed by atoms with van der Waals surface area (Å²) in [4.78, 5) is 18.9. The molecule has 1 aromatic heterocycles. The van der Waals surface area contributed by atoms with E-state index in [1.54, 1.807) is 17.2 Å². The lowest BCUT2D eigenvalue weighted by Gasteiger charge is -2.27. The van der Waals surface area contributed by atoms with Crippen molar-refractivity contribution in [2.45, 2.75) is 33.4 Å². The lowest BCUT2D eigenvalue weighted by Crippen LogP contribution is -2.37. The molecule has 0 spiro atoms. The van der Waals surface area contributed by atoms with Crippen LogP contribution in [0, 0.1) is 6.92 Å². The van der Waals surface area contributed by atoms with E-state index >= 15 is 0 Å². The summed E-state index contributed by atoms with van der Waals surface area (Å²) in [5.41, 5.74) is 8.86. The van der Waals surface area contributed by atoms with Gasteiger partial charge in [0.05, 0.1) is 17.8 Å². The lowest BCUT2D eigenvalue weighted by atomic mass is 10.0. The lowest BCUT2D eigenvalue weighted by molar-refractivity contribution is 0.0688. The molecule has 0 aliphatic rings. The predicted molar refractivity (Wildman–Crippen MR) is 84.8 cm³/mol. The first kappa shape index (κ1) is 15.0. The van der Waals surface area contributed by atoms with Crippen molar-refractivity contribution in [2.75, 3.05) is 5.73 Å². The van der Waals surface area contributed by atoms with Gasteiger partial charge in [-0.3, -0.25) is 9.78 Å². The minimum atomic E-state index is -0.0498. The number of anilines is 1. The third kappa shape index (κ3) is 3.40. The molecular weight excluding hydrogens is 262 g/mol. The van der Waals surface area contributed by atoms with Gasteiger partial charge in [-0.15, -0.1) is 0 Å². The van der Waals surface area contributed by atoms with Crippen molar-refractivity contribution < 1.29 is 4.79 Å². The molecule has 0 aliphatic heterocycles. The first-order valence-electron chi connectivity index (χ1n) is 7.06. The average Bonchev–Trinajstić information content (AvgIpc) is 2.45. The number of aryl methyl sites for hydroxylation is 1. The summed E-state index contributed by atoms with van der Waals surface area (Å²) in [7, 11) is 0. The summed E-state index contributed by atoms with van der Waals surface area (Å²) in [6.45, 7) is 6.37. The number of amides is 1. The van der Waals surface area contributed by atoms with Crippen molar-refractivity contribution >= 4 is 11.6 Å². The van der Waals surface area contributed by atoms with Crippen LogP contribution in [0.2, 0.25) is 0 Å². The van der Waals surface area contributed by atoms with Gasteiger partial charge in [0.1, 0.15) is 0 Å². The number of hydrogen-bond acceptors (Lipinski definition) is 3. The molecule has 0 aliphatic carbocycles. The molecule has 2 rings (SSSR count). The first-order valence-corrected chi connectivity index (χ1v) is 7.06. The van der Waals surface area contributed by atoms with Crippen molar-refractivity contribution in [1.29, 1.82) is 0 Å². The average molecular weight is 283 g/mol. The van der Waals surface area contributed by atoms with Crippen LogP contribution in [0.15, 0.2) is 42.6 Å². The molecule has 4 nitrogen and oxygen atoms in total. The van der Waals surface area contributed by atoms with Crippen LogP contribution in [0.1, 0.15) is 35.5 Å². The van der Waals surface area contributed by atoms with Gasteiger partial charge in [0.15, 0.2) is 0 Å². The number of pyridine rings is 1. The van der Waals surface area contributed by atoms with Crippen LogP contribution >= 0.6 is 0 Å². The molecule has 2 N–H and O–H groups in total. The van der Waals surface area contributed by atoms with Crippen LogP contribution < -0.4 is 5.73 Å². The molecule has 1 aromatic carbocycles. The van der Waals surface area contributed by atoms with Gasteiger partial charge in [0.25, 0.3) is 5.91 Å². The SMILES string of the molecule is Cc1cccc(N)c1C(=O)N(Cc1ccccn1)C(C)C. The van der Waals surface area contributed by atoms with Gasteiger partial charge in [-0.25, -0.2) is 0 Å². The molecule has 110 valence electrons. The van der Waals surface area contributed by atoms with E-state index in [1.165, 1.54) is 0 Å². The Morgan fingerprint density at radius 3 is 2.57 bits per heavy atom. The molecule has 0 saturated heterocycles. The number of nitrogen functional groups attached to an aromatic ring is 1. The van der Waals surface area contributed by atoms with Crippen molar-refractivity contribution in [3.8, 4) is 0 Å². The largest absolute Gasteiger partial charge is 0.398 e. The minimum absolute atomic E-state index is 0.0498. The summed E-state index contributed by atoms with van der Waals surface area (Å²) >= 11 is 0. The molecule has 0 fully saturated rings. The molecule has 0 unspecified atom stereocenters. The molecule has 4 heteroatoms. The molecule has 0 radical (unpaired) electrons. The highest BCUT2D eigenvalue weighted by molar-refractivity contribution is 6.00. The molecule has 0 bridgehead atoms. The number of aromatic nitrogens is 1. The van der Waals surface area contributed by atoms with Crippen molar-refractivity contribution in [1.82, 2.24) is 9.88 Å². The highest BCUT2D eigenvalue weighted by Gasteiger charge is 2.22. The van der Waals surface area contributed by atoms with Gasteiger partial charge in [0, 0.05) is 17.9 Å². The van der Waals surface area contributed by atoms with Crippen LogP contribution in [-0.2, 0) is 6.54 Å². The van der Waals surface area contributed by atoms with Crippen LogP contribution in [0.25, 0.3) is 0 Å². The van der Waals surface area contributed by atoms with Gasteiger partial charge >= 0.3 is 0 Å².